The maximum atomic E-state index is 12.6. The van der Waals surface area contributed by atoms with Crippen molar-refractivity contribution >= 4 is 11.9 Å². The summed E-state index contributed by atoms with van der Waals surface area (Å²) in [7, 11) is 1.39. The number of ether oxygens (including phenoxy) is 1. The molecule has 1 N–H and O–H groups in total. The Hall–Kier alpha value is -2.89. The van der Waals surface area contributed by atoms with Gasteiger partial charge in [-0.05, 0) is 24.5 Å². The van der Waals surface area contributed by atoms with Gasteiger partial charge in [0.05, 0.1) is 18.1 Å². The molecule has 1 saturated heterocycles. The average molecular weight is 340 g/mol. The molecule has 6 heteroatoms. The predicted molar refractivity (Wildman–Crippen MR) is 92.3 cm³/mol. The van der Waals surface area contributed by atoms with Crippen LogP contribution in [-0.4, -0.2) is 42.0 Å². The van der Waals surface area contributed by atoms with Gasteiger partial charge in [0, 0.05) is 25.4 Å². The Morgan fingerprint density at radius 1 is 1.08 bits per heavy atom. The summed E-state index contributed by atoms with van der Waals surface area (Å²) in [5, 5.41) is 0. The molecular weight excluding hydrogens is 320 g/mol. The number of carbonyl (C=O) groups excluding carboxylic acids is 2. The van der Waals surface area contributed by atoms with Crippen molar-refractivity contribution in [2.75, 3.05) is 20.2 Å². The Morgan fingerprint density at radius 2 is 1.76 bits per heavy atom. The van der Waals surface area contributed by atoms with Gasteiger partial charge in [-0.1, -0.05) is 30.3 Å². The zero-order chi connectivity index (χ0) is 17.9. The Kier molecular flexibility index (Phi) is 4.70. The summed E-state index contributed by atoms with van der Waals surface area (Å²) in [4.78, 5) is 40.5. The van der Waals surface area contributed by atoms with Crippen molar-refractivity contribution in [3.63, 3.8) is 0 Å². The van der Waals surface area contributed by atoms with Crippen LogP contribution < -0.4 is 5.56 Å². The van der Waals surface area contributed by atoms with E-state index in [-0.39, 0.29) is 17.4 Å². The lowest BCUT2D eigenvalue weighted by Crippen LogP contribution is -2.49. The number of aromatic amines is 1. The quantitative estimate of drug-likeness (QED) is 0.863. The van der Waals surface area contributed by atoms with Gasteiger partial charge in [-0.2, -0.15) is 0 Å². The van der Waals surface area contributed by atoms with Crippen molar-refractivity contribution in [3.8, 4) is 0 Å². The van der Waals surface area contributed by atoms with Crippen LogP contribution in [-0.2, 0) is 14.9 Å². The van der Waals surface area contributed by atoms with Gasteiger partial charge in [-0.3, -0.25) is 14.4 Å². The van der Waals surface area contributed by atoms with E-state index in [0.717, 1.165) is 5.56 Å². The van der Waals surface area contributed by atoms with Gasteiger partial charge >= 0.3 is 5.97 Å². The summed E-state index contributed by atoms with van der Waals surface area (Å²) >= 11 is 0. The Bertz CT molecular complexity index is 800. The van der Waals surface area contributed by atoms with Crippen LogP contribution in [0.3, 0.4) is 0 Å². The second-order valence-electron chi connectivity index (χ2n) is 6.17. The number of piperidine rings is 1. The van der Waals surface area contributed by atoms with Gasteiger partial charge in [-0.25, -0.2) is 0 Å². The number of likely N-dealkylation sites (tertiary alicyclic amines) is 1. The highest BCUT2D eigenvalue weighted by Crippen LogP contribution is 2.37. The number of pyridine rings is 1. The maximum Gasteiger partial charge on any atom is 0.316 e. The van der Waals surface area contributed by atoms with Crippen LogP contribution in [0.5, 0.6) is 0 Å². The molecule has 2 heterocycles. The van der Waals surface area contributed by atoms with E-state index in [1.165, 1.54) is 25.4 Å². The molecule has 1 aromatic carbocycles. The second-order valence-corrected chi connectivity index (χ2v) is 6.17. The number of nitrogens with one attached hydrogen (secondary N) is 1. The van der Waals surface area contributed by atoms with E-state index in [0.29, 0.717) is 31.5 Å². The average Bonchev–Trinajstić information content (AvgIpc) is 2.68. The van der Waals surface area contributed by atoms with Gasteiger partial charge in [-0.15, -0.1) is 0 Å². The number of esters is 1. The molecule has 0 spiro atoms. The van der Waals surface area contributed by atoms with E-state index in [2.05, 4.69) is 4.98 Å². The lowest BCUT2D eigenvalue weighted by molar-refractivity contribution is -0.149. The minimum atomic E-state index is -0.724. The topological polar surface area (TPSA) is 79.5 Å². The van der Waals surface area contributed by atoms with E-state index in [4.69, 9.17) is 4.74 Å². The molecule has 0 aliphatic carbocycles. The fourth-order valence-electron chi connectivity index (χ4n) is 3.38. The van der Waals surface area contributed by atoms with Gasteiger partial charge in [0.25, 0.3) is 5.91 Å². The second kappa shape index (κ2) is 6.93. The first-order valence-corrected chi connectivity index (χ1v) is 8.19. The molecule has 1 amide bonds. The molecule has 3 rings (SSSR count). The van der Waals surface area contributed by atoms with Crippen LogP contribution in [0.25, 0.3) is 0 Å². The van der Waals surface area contributed by atoms with Gasteiger partial charge in [0.1, 0.15) is 0 Å². The minimum absolute atomic E-state index is 0.150. The summed E-state index contributed by atoms with van der Waals surface area (Å²) in [5.74, 6) is -0.419. The number of nitrogens with zero attached hydrogens (tertiary/aromatic N) is 1. The fourth-order valence-corrected chi connectivity index (χ4v) is 3.38. The number of rotatable bonds is 3. The van der Waals surface area contributed by atoms with Crippen LogP contribution in [0, 0.1) is 0 Å². The lowest BCUT2D eigenvalue weighted by Gasteiger charge is -2.40. The first-order chi connectivity index (χ1) is 12.1. The van der Waals surface area contributed by atoms with Crippen molar-refractivity contribution in [2.24, 2.45) is 0 Å². The molecule has 1 fully saturated rings. The first kappa shape index (κ1) is 17.0. The van der Waals surface area contributed by atoms with E-state index in [1.807, 2.05) is 30.3 Å². The molecule has 0 unspecified atom stereocenters. The third-order valence-electron chi connectivity index (χ3n) is 4.84. The lowest BCUT2D eigenvalue weighted by atomic mass is 9.72. The zero-order valence-electron chi connectivity index (χ0n) is 14.0. The number of benzene rings is 1. The molecule has 1 aromatic heterocycles. The third kappa shape index (κ3) is 3.20. The minimum Gasteiger partial charge on any atom is -0.468 e. The molecule has 25 heavy (non-hydrogen) atoms. The summed E-state index contributed by atoms with van der Waals surface area (Å²) in [6.45, 7) is 0.893. The third-order valence-corrected chi connectivity index (χ3v) is 4.84. The number of aromatic nitrogens is 1. The normalized spacial score (nSPS) is 16.3. The molecule has 2 aromatic rings. The molecule has 0 saturated carbocycles. The smallest absolute Gasteiger partial charge is 0.316 e. The summed E-state index contributed by atoms with van der Waals surface area (Å²) in [6.07, 6.45) is 2.42. The molecule has 130 valence electrons. The Labute approximate surface area is 145 Å². The molecular formula is C19H20N2O4. The number of H-pyrrole nitrogens is 1. The molecule has 1 aliphatic rings. The van der Waals surface area contributed by atoms with Crippen molar-refractivity contribution < 1.29 is 14.3 Å². The summed E-state index contributed by atoms with van der Waals surface area (Å²) in [5.41, 5.74) is 0.379. The number of hydrogen-bond acceptors (Lipinski definition) is 4. The van der Waals surface area contributed by atoms with Crippen LogP contribution in [0.1, 0.15) is 28.8 Å². The SMILES string of the molecule is COC(=O)C1(c2ccccc2)CCN(C(=O)c2ccc(=O)[nH]c2)CC1. The molecule has 0 bridgehead atoms. The molecule has 0 atom stereocenters. The predicted octanol–water partition coefficient (Wildman–Crippen LogP) is 1.72. The fraction of sp³-hybridized carbons (Fsp3) is 0.316. The largest absolute Gasteiger partial charge is 0.468 e. The summed E-state index contributed by atoms with van der Waals surface area (Å²) in [6, 6.07) is 12.4. The maximum absolute atomic E-state index is 12.6. The highest BCUT2D eigenvalue weighted by atomic mass is 16.5. The molecule has 0 radical (unpaired) electrons. The van der Waals surface area contributed by atoms with Gasteiger partial charge in [0.2, 0.25) is 5.56 Å². The van der Waals surface area contributed by atoms with Gasteiger partial charge < -0.3 is 14.6 Å². The van der Waals surface area contributed by atoms with Crippen LogP contribution >= 0.6 is 0 Å². The Balaban J connectivity index is 1.80. The van der Waals surface area contributed by atoms with Crippen LogP contribution in [0.4, 0.5) is 0 Å². The zero-order valence-corrected chi connectivity index (χ0v) is 14.0. The van der Waals surface area contributed by atoms with Crippen LogP contribution in [0.2, 0.25) is 0 Å². The Morgan fingerprint density at radius 3 is 2.32 bits per heavy atom. The van der Waals surface area contributed by atoms with Gasteiger partial charge in [0.15, 0.2) is 0 Å². The molecule has 6 nitrogen and oxygen atoms in total. The monoisotopic (exact) mass is 340 g/mol. The number of carbonyl (C=O) groups is 2. The van der Waals surface area contributed by atoms with E-state index < -0.39 is 5.41 Å². The van der Waals surface area contributed by atoms with Crippen molar-refractivity contribution in [3.05, 3.63) is 70.1 Å². The standard InChI is InChI=1S/C19H20N2O4/c1-25-18(24)19(15-5-3-2-4-6-15)9-11-21(12-10-19)17(23)14-7-8-16(22)20-13-14/h2-8,13H,9-12H2,1H3,(H,20,22). The highest BCUT2D eigenvalue weighted by molar-refractivity contribution is 5.94. The van der Waals surface area contributed by atoms with Crippen molar-refractivity contribution in [1.29, 1.82) is 0 Å². The number of amides is 1. The first-order valence-electron chi connectivity index (χ1n) is 8.19. The van der Waals surface area contributed by atoms with E-state index in [1.54, 1.807) is 4.90 Å². The molecule has 1 aliphatic heterocycles. The highest BCUT2D eigenvalue weighted by Gasteiger charge is 2.44. The van der Waals surface area contributed by atoms with Crippen molar-refractivity contribution in [2.45, 2.75) is 18.3 Å². The van der Waals surface area contributed by atoms with Crippen LogP contribution in [0.15, 0.2) is 53.5 Å². The summed E-state index contributed by atoms with van der Waals surface area (Å²) < 4.78 is 5.06. The van der Waals surface area contributed by atoms with Crippen molar-refractivity contribution in [1.82, 2.24) is 9.88 Å². The van der Waals surface area contributed by atoms with E-state index >= 15 is 0 Å². The number of methoxy groups -OCH3 is 1. The number of hydrogen-bond donors (Lipinski definition) is 1. The van der Waals surface area contributed by atoms with E-state index in [9.17, 15) is 14.4 Å².